The van der Waals surface area contributed by atoms with Crippen LogP contribution in [0.25, 0.3) is 0 Å². The van der Waals surface area contributed by atoms with E-state index in [1.54, 1.807) is 0 Å². The summed E-state index contributed by atoms with van der Waals surface area (Å²) in [6, 6.07) is 2.33. The number of halogens is 1. The Bertz CT molecular complexity index is 129. The van der Waals surface area contributed by atoms with E-state index < -0.39 is 8.56 Å². The third-order valence-electron chi connectivity index (χ3n) is 2.42. The second-order valence-electron chi connectivity index (χ2n) is 3.67. The molecule has 0 spiro atoms. The normalized spacial score (nSPS) is 12.0. The van der Waals surface area contributed by atoms with Crippen molar-refractivity contribution in [2.45, 2.75) is 52.1 Å². The van der Waals surface area contributed by atoms with Crippen LogP contribution in [-0.2, 0) is 8.85 Å². The Morgan fingerprint density at radius 2 is 1.47 bits per heavy atom. The van der Waals surface area contributed by atoms with Crippen molar-refractivity contribution in [2.75, 3.05) is 17.6 Å². The van der Waals surface area contributed by atoms with Crippen molar-refractivity contribution in [1.29, 1.82) is 0 Å². The smallest absolute Gasteiger partial charge is 0.338 e. The molecule has 0 atom stereocenters. The van der Waals surface area contributed by atoms with Crippen molar-refractivity contribution in [3.05, 3.63) is 0 Å². The lowest BCUT2D eigenvalue weighted by Crippen LogP contribution is -2.42. The zero-order valence-corrected chi connectivity index (χ0v) is 13.5. The Morgan fingerprint density at radius 3 is 1.87 bits per heavy atom. The van der Waals surface area contributed by atoms with Gasteiger partial charge in [0.2, 0.25) is 0 Å². The van der Waals surface area contributed by atoms with Gasteiger partial charge in [-0.1, -0.05) is 42.4 Å². The summed E-state index contributed by atoms with van der Waals surface area (Å²) in [5.74, 6) is 0. The van der Waals surface area contributed by atoms with Crippen molar-refractivity contribution in [2.24, 2.45) is 0 Å². The lowest BCUT2D eigenvalue weighted by atomic mass is 10.4. The highest BCUT2D eigenvalue weighted by Crippen LogP contribution is 2.24. The van der Waals surface area contributed by atoms with Crippen LogP contribution in [0.15, 0.2) is 0 Å². The van der Waals surface area contributed by atoms with E-state index in [9.17, 15) is 0 Å². The summed E-state index contributed by atoms with van der Waals surface area (Å²) in [4.78, 5) is 0. The molecule has 0 saturated heterocycles. The predicted molar refractivity (Wildman–Crippen MR) is 77.0 cm³/mol. The van der Waals surface area contributed by atoms with E-state index in [-0.39, 0.29) is 0 Å². The first-order valence-electron chi connectivity index (χ1n) is 6.08. The Balaban J connectivity index is 4.26. The molecule has 0 aromatic carbocycles. The monoisotopic (exact) mass is 344 g/mol. The van der Waals surface area contributed by atoms with E-state index in [4.69, 9.17) is 8.85 Å². The van der Waals surface area contributed by atoms with Gasteiger partial charge in [-0.05, 0) is 36.8 Å². The quantitative estimate of drug-likeness (QED) is 0.337. The van der Waals surface area contributed by atoms with Crippen molar-refractivity contribution in [1.82, 2.24) is 0 Å². The predicted octanol–water partition coefficient (Wildman–Crippen LogP) is 4.13. The maximum absolute atomic E-state index is 5.99. The summed E-state index contributed by atoms with van der Waals surface area (Å²) >= 11 is 2.43. The molecule has 0 amide bonds. The summed E-state index contributed by atoms with van der Waals surface area (Å²) in [6.45, 7) is 8.00. The highest BCUT2D eigenvalue weighted by Gasteiger charge is 2.35. The maximum atomic E-state index is 5.99. The molecule has 0 bridgehead atoms. The molecule has 0 fully saturated rings. The SMILES string of the molecule is CCCC[Si](CCCI)(OCC)OCC. The van der Waals surface area contributed by atoms with Gasteiger partial charge in [-0.3, -0.25) is 0 Å². The first kappa shape index (κ1) is 15.9. The highest BCUT2D eigenvalue weighted by atomic mass is 127. The fraction of sp³-hybridized carbons (Fsp3) is 1.00. The van der Waals surface area contributed by atoms with Crippen molar-refractivity contribution >= 4 is 31.2 Å². The van der Waals surface area contributed by atoms with Crippen molar-refractivity contribution in [3.63, 3.8) is 0 Å². The highest BCUT2D eigenvalue weighted by molar-refractivity contribution is 14.1. The van der Waals surface area contributed by atoms with Gasteiger partial charge in [0.15, 0.2) is 0 Å². The average Bonchev–Trinajstić information content (AvgIpc) is 2.24. The molecule has 0 aromatic heterocycles. The van der Waals surface area contributed by atoms with Gasteiger partial charge >= 0.3 is 8.56 Å². The van der Waals surface area contributed by atoms with Gasteiger partial charge in [-0.2, -0.15) is 0 Å². The van der Waals surface area contributed by atoms with Crippen molar-refractivity contribution in [3.8, 4) is 0 Å². The third-order valence-corrected chi connectivity index (χ3v) is 7.04. The molecule has 0 saturated carbocycles. The molecule has 92 valence electrons. The molecule has 0 rings (SSSR count). The largest absolute Gasteiger partial charge is 0.394 e. The van der Waals surface area contributed by atoms with Crippen LogP contribution >= 0.6 is 22.6 Å². The Labute approximate surface area is 110 Å². The van der Waals surface area contributed by atoms with Crippen LogP contribution in [0.5, 0.6) is 0 Å². The minimum atomic E-state index is -1.84. The van der Waals surface area contributed by atoms with Gasteiger partial charge in [-0.15, -0.1) is 0 Å². The van der Waals surface area contributed by atoms with Crippen LogP contribution in [0.3, 0.4) is 0 Å². The zero-order valence-electron chi connectivity index (χ0n) is 10.4. The van der Waals surface area contributed by atoms with Crippen LogP contribution in [0.4, 0.5) is 0 Å². The number of hydrogen-bond acceptors (Lipinski definition) is 2. The molecule has 15 heavy (non-hydrogen) atoms. The van der Waals surface area contributed by atoms with Crippen LogP contribution in [0.1, 0.15) is 40.0 Å². The first-order valence-corrected chi connectivity index (χ1v) is 9.84. The van der Waals surface area contributed by atoms with Gasteiger partial charge < -0.3 is 8.85 Å². The van der Waals surface area contributed by atoms with Gasteiger partial charge in [-0.25, -0.2) is 0 Å². The third kappa shape index (κ3) is 6.91. The van der Waals surface area contributed by atoms with E-state index in [0.717, 1.165) is 19.3 Å². The fourth-order valence-electron chi connectivity index (χ4n) is 1.76. The Morgan fingerprint density at radius 1 is 0.933 bits per heavy atom. The average molecular weight is 344 g/mol. The summed E-state index contributed by atoms with van der Waals surface area (Å²) in [7, 11) is -1.84. The molecular formula is C11H25IO2Si. The summed E-state index contributed by atoms with van der Waals surface area (Å²) < 4.78 is 13.2. The molecule has 0 aromatic rings. The molecule has 0 aliphatic heterocycles. The number of unbranched alkanes of at least 4 members (excludes halogenated alkanes) is 1. The molecule has 4 heteroatoms. The topological polar surface area (TPSA) is 18.5 Å². The summed E-state index contributed by atoms with van der Waals surface area (Å²) in [5, 5.41) is 0. The van der Waals surface area contributed by atoms with Crippen LogP contribution < -0.4 is 0 Å². The van der Waals surface area contributed by atoms with Gasteiger partial charge in [0.1, 0.15) is 0 Å². The molecular weight excluding hydrogens is 319 g/mol. The molecule has 0 heterocycles. The van der Waals surface area contributed by atoms with E-state index >= 15 is 0 Å². The van der Waals surface area contributed by atoms with E-state index in [0.29, 0.717) is 0 Å². The van der Waals surface area contributed by atoms with Gasteiger partial charge in [0.05, 0.1) is 0 Å². The standard InChI is InChI=1S/C11H25IO2Si/c1-4-7-10-15(13-5-2,14-6-3)11-8-9-12/h4-11H2,1-3H3. The fourth-order valence-corrected chi connectivity index (χ4v) is 6.44. The summed E-state index contributed by atoms with van der Waals surface area (Å²) in [5.41, 5.74) is 0. The molecule has 0 aliphatic carbocycles. The minimum Gasteiger partial charge on any atom is -0.394 e. The second-order valence-corrected chi connectivity index (χ2v) is 8.15. The van der Waals surface area contributed by atoms with Gasteiger partial charge in [0, 0.05) is 13.2 Å². The minimum absolute atomic E-state index is 0.803. The number of hydrogen-bond donors (Lipinski definition) is 0. The van der Waals surface area contributed by atoms with E-state index in [1.807, 2.05) is 0 Å². The zero-order chi connectivity index (χ0) is 11.6. The van der Waals surface area contributed by atoms with E-state index in [2.05, 4.69) is 43.4 Å². The first-order chi connectivity index (χ1) is 7.24. The second kappa shape index (κ2) is 10.0. The molecule has 2 nitrogen and oxygen atoms in total. The summed E-state index contributed by atoms with van der Waals surface area (Å²) in [6.07, 6.45) is 3.71. The Kier molecular flexibility index (Phi) is 10.6. The van der Waals surface area contributed by atoms with Crippen molar-refractivity contribution < 1.29 is 8.85 Å². The molecule has 0 aliphatic rings. The Hall–Kier alpha value is 0.867. The number of rotatable bonds is 10. The lowest BCUT2D eigenvalue weighted by Gasteiger charge is -2.30. The molecule has 0 unspecified atom stereocenters. The van der Waals surface area contributed by atoms with Crippen LogP contribution in [-0.4, -0.2) is 26.2 Å². The van der Waals surface area contributed by atoms with E-state index in [1.165, 1.54) is 29.7 Å². The van der Waals surface area contributed by atoms with Crippen LogP contribution in [0.2, 0.25) is 12.1 Å². The molecule has 0 radical (unpaired) electrons. The maximum Gasteiger partial charge on any atom is 0.338 e. The van der Waals surface area contributed by atoms with Crippen LogP contribution in [0, 0.1) is 0 Å². The number of alkyl halides is 1. The lowest BCUT2D eigenvalue weighted by molar-refractivity contribution is 0.181. The molecule has 0 N–H and O–H groups in total. The van der Waals surface area contributed by atoms with Gasteiger partial charge in [0.25, 0.3) is 0 Å².